The van der Waals surface area contributed by atoms with Crippen LogP contribution in [0.25, 0.3) is 0 Å². The Morgan fingerprint density at radius 1 is 0.875 bits per heavy atom. The van der Waals surface area contributed by atoms with Crippen molar-refractivity contribution in [3.05, 3.63) is 65.7 Å². The third-order valence-corrected chi connectivity index (χ3v) is 3.39. The number of aliphatic hydroxyl groups excluding tert-OH is 1. The van der Waals surface area contributed by atoms with E-state index in [1.54, 1.807) is 11.8 Å². The summed E-state index contributed by atoms with van der Waals surface area (Å²) in [5.74, 6) is 0.968. The average Bonchev–Trinajstić information content (AvgIpc) is 2.38. The van der Waals surface area contributed by atoms with Crippen LogP contribution in [0.3, 0.4) is 0 Å². The van der Waals surface area contributed by atoms with E-state index >= 15 is 0 Å². The first-order valence-electron chi connectivity index (χ1n) is 5.25. The Hall–Kier alpha value is -1.25. The van der Waals surface area contributed by atoms with Crippen molar-refractivity contribution in [2.24, 2.45) is 0 Å². The summed E-state index contributed by atoms with van der Waals surface area (Å²) in [6, 6.07) is 18.4. The molecule has 2 rings (SSSR count). The van der Waals surface area contributed by atoms with E-state index in [1.807, 2.05) is 24.3 Å². The molecule has 0 radical (unpaired) electrons. The number of thioether (sulfide) groups is 1. The minimum absolute atomic E-state index is 0.111. The molecule has 0 aliphatic carbocycles. The average molecular weight is 230 g/mol. The number of benzene rings is 2. The van der Waals surface area contributed by atoms with Crippen molar-refractivity contribution in [1.82, 2.24) is 0 Å². The van der Waals surface area contributed by atoms with Crippen LogP contribution in [0.15, 0.2) is 59.5 Å². The van der Waals surface area contributed by atoms with Crippen LogP contribution in [-0.2, 0) is 12.4 Å². The van der Waals surface area contributed by atoms with Crippen LogP contribution < -0.4 is 0 Å². The molecule has 2 aromatic carbocycles. The van der Waals surface area contributed by atoms with E-state index in [4.69, 9.17) is 5.11 Å². The van der Waals surface area contributed by atoms with Crippen molar-refractivity contribution in [3.8, 4) is 0 Å². The maximum atomic E-state index is 9.04. The Morgan fingerprint density at radius 3 is 2.38 bits per heavy atom. The number of hydrogen-bond acceptors (Lipinski definition) is 2. The topological polar surface area (TPSA) is 20.2 Å². The standard InChI is InChI=1S/C14H14OS/c15-10-13-7-4-8-14(9-13)16-11-12-5-2-1-3-6-12/h1-9,15H,10-11H2. The van der Waals surface area contributed by atoms with Gasteiger partial charge in [0.2, 0.25) is 0 Å². The lowest BCUT2D eigenvalue weighted by atomic mass is 10.2. The van der Waals surface area contributed by atoms with Crippen LogP contribution in [0.1, 0.15) is 11.1 Å². The second kappa shape index (κ2) is 5.73. The van der Waals surface area contributed by atoms with E-state index in [0.717, 1.165) is 11.3 Å². The Balaban J connectivity index is 1.99. The predicted octanol–water partition coefficient (Wildman–Crippen LogP) is 3.47. The second-order valence-corrected chi connectivity index (χ2v) is 4.63. The van der Waals surface area contributed by atoms with Gasteiger partial charge < -0.3 is 5.11 Å². The molecular formula is C14H14OS. The van der Waals surface area contributed by atoms with E-state index < -0.39 is 0 Å². The van der Waals surface area contributed by atoms with Gasteiger partial charge in [-0.3, -0.25) is 0 Å². The van der Waals surface area contributed by atoms with Crippen LogP contribution in [0.5, 0.6) is 0 Å². The molecule has 0 aliphatic rings. The van der Waals surface area contributed by atoms with Crippen LogP contribution in [0, 0.1) is 0 Å². The first kappa shape index (κ1) is 11.2. The molecule has 0 heterocycles. The van der Waals surface area contributed by atoms with Crippen molar-refractivity contribution in [2.75, 3.05) is 0 Å². The van der Waals surface area contributed by atoms with Gasteiger partial charge in [0.05, 0.1) is 6.61 Å². The van der Waals surface area contributed by atoms with E-state index in [2.05, 4.69) is 30.3 Å². The molecule has 0 fully saturated rings. The quantitative estimate of drug-likeness (QED) is 0.812. The van der Waals surface area contributed by atoms with Crippen LogP contribution >= 0.6 is 11.8 Å². The van der Waals surface area contributed by atoms with Crippen LogP contribution in [0.4, 0.5) is 0 Å². The summed E-state index contributed by atoms with van der Waals surface area (Å²) in [5.41, 5.74) is 2.29. The Morgan fingerprint density at radius 2 is 1.62 bits per heavy atom. The fraction of sp³-hybridized carbons (Fsp3) is 0.143. The van der Waals surface area contributed by atoms with Gasteiger partial charge in [0.25, 0.3) is 0 Å². The third-order valence-electron chi connectivity index (χ3n) is 2.33. The van der Waals surface area contributed by atoms with Gasteiger partial charge in [-0.1, -0.05) is 42.5 Å². The molecule has 1 N–H and O–H groups in total. The predicted molar refractivity (Wildman–Crippen MR) is 68.4 cm³/mol. The molecule has 0 aliphatic heterocycles. The maximum absolute atomic E-state index is 9.04. The van der Waals surface area contributed by atoms with Gasteiger partial charge in [-0.15, -0.1) is 11.8 Å². The molecule has 2 heteroatoms. The van der Waals surface area contributed by atoms with Crippen molar-refractivity contribution in [2.45, 2.75) is 17.3 Å². The Labute approximate surface area is 100 Å². The zero-order valence-electron chi connectivity index (χ0n) is 8.97. The molecule has 0 atom stereocenters. The number of rotatable bonds is 4. The summed E-state index contributed by atoms with van der Waals surface area (Å²) >= 11 is 1.79. The lowest BCUT2D eigenvalue weighted by molar-refractivity contribution is 0.281. The van der Waals surface area contributed by atoms with E-state index in [1.165, 1.54) is 10.5 Å². The monoisotopic (exact) mass is 230 g/mol. The summed E-state index contributed by atoms with van der Waals surface area (Å²) in [7, 11) is 0. The van der Waals surface area contributed by atoms with Crippen LogP contribution in [-0.4, -0.2) is 5.11 Å². The van der Waals surface area contributed by atoms with E-state index in [-0.39, 0.29) is 6.61 Å². The highest BCUT2D eigenvalue weighted by molar-refractivity contribution is 7.98. The van der Waals surface area contributed by atoms with Gasteiger partial charge >= 0.3 is 0 Å². The van der Waals surface area contributed by atoms with Crippen molar-refractivity contribution in [3.63, 3.8) is 0 Å². The molecule has 0 spiro atoms. The maximum Gasteiger partial charge on any atom is 0.0682 e. The van der Waals surface area contributed by atoms with E-state index in [9.17, 15) is 0 Å². The van der Waals surface area contributed by atoms with Gasteiger partial charge in [-0.2, -0.15) is 0 Å². The van der Waals surface area contributed by atoms with Crippen molar-refractivity contribution < 1.29 is 5.11 Å². The summed E-state index contributed by atoms with van der Waals surface area (Å²) in [6.45, 7) is 0.111. The molecule has 0 unspecified atom stereocenters. The van der Waals surface area contributed by atoms with Gasteiger partial charge in [-0.25, -0.2) is 0 Å². The van der Waals surface area contributed by atoms with Gasteiger partial charge in [0, 0.05) is 10.6 Å². The lowest BCUT2D eigenvalue weighted by Crippen LogP contribution is -1.84. The molecule has 0 saturated carbocycles. The summed E-state index contributed by atoms with van der Waals surface area (Å²) in [5, 5.41) is 9.04. The van der Waals surface area contributed by atoms with Gasteiger partial charge in [0.1, 0.15) is 0 Å². The van der Waals surface area contributed by atoms with Crippen molar-refractivity contribution >= 4 is 11.8 Å². The Kier molecular flexibility index (Phi) is 4.03. The molecule has 0 aromatic heterocycles. The summed E-state index contributed by atoms with van der Waals surface area (Å²) in [4.78, 5) is 1.20. The first-order valence-corrected chi connectivity index (χ1v) is 6.23. The highest BCUT2D eigenvalue weighted by atomic mass is 32.2. The largest absolute Gasteiger partial charge is 0.392 e. The van der Waals surface area contributed by atoms with Gasteiger partial charge in [0.15, 0.2) is 0 Å². The molecule has 0 saturated heterocycles. The zero-order chi connectivity index (χ0) is 11.2. The van der Waals surface area contributed by atoms with Gasteiger partial charge in [-0.05, 0) is 23.3 Å². The van der Waals surface area contributed by atoms with Crippen LogP contribution in [0.2, 0.25) is 0 Å². The lowest BCUT2D eigenvalue weighted by Gasteiger charge is -2.03. The fourth-order valence-electron chi connectivity index (χ4n) is 1.47. The number of hydrogen-bond donors (Lipinski definition) is 1. The Bertz CT molecular complexity index is 439. The SMILES string of the molecule is OCc1cccc(SCc2ccccc2)c1. The highest BCUT2D eigenvalue weighted by Crippen LogP contribution is 2.23. The second-order valence-electron chi connectivity index (χ2n) is 3.58. The zero-order valence-corrected chi connectivity index (χ0v) is 9.78. The minimum Gasteiger partial charge on any atom is -0.392 e. The smallest absolute Gasteiger partial charge is 0.0682 e. The summed E-state index contributed by atoms with van der Waals surface area (Å²) < 4.78 is 0. The number of aliphatic hydroxyl groups is 1. The van der Waals surface area contributed by atoms with E-state index in [0.29, 0.717) is 0 Å². The first-order chi connectivity index (χ1) is 7.88. The minimum atomic E-state index is 0.111. The van der Waals surface area contributed by atoms with Crippen molar-refractivity contribution in [1.29, 1.82) is 0 Å². The highest BCUT2D eigenvalue weighted by Gasteiger charge is 1.97. The molecular weight excluding hydrogens is 216 g/mol. The molecule has 1 nitrogen and oxygen atoms in total. The third kappa shape index (κ3) is 3.12. The molecule has 82 valence electrons. The summed E-state index contributed by atoms with van der Waals surface area (Å²) in [6.07, 6.45) is 0. The normalized spacial score (nSPS) is 10.3. The molecule has 16 heavy (non-hydrogen) atoms. The molecule has 0 amide bonds. The fourth-order valence-corrected chi connectivity index (χ4v) is 2.41. The molecule has 0 bridgehead atoms. The molecule has 2 aromatic rings.